The molecule has 0 saturated heterocycles. The van der Waals surface area contributed by atoms with Crippen molar-refractivity contribution in [3.8, 4) is 0 Å². The molecule has 4 nitrogen and oxygen atoms in total. The van der Waals surface area contributed by atoms with E-state index in [0.29, 0.717) is 18.4 Å². The van der Waals surface area contributed by atoms with Crippen molar-refractivity contribution in [3.05, 3.63) is 34.4 Å². The normalized spacial score (nSPS) is 18.9. The lowest BCUT2D eigenvalue weighted by atomic mass is 9.67. The summed E-state index contributed by atoms with van der Waals surface area (Å²) in [6, 6.07) is 3.98. The van der Waals surface area contributed by atoms with E-state index < -0.39 is 22.1 Å². The second-order valence-electron chi connectivity index (χ2n) is 9.06. The van der Waals surface area contributed by atoms with Crippen LogP contribution in [-0.2, 0) is 14.1 Å². The molecular weight excluding hydrogens is 359 g/mol. The Bertz CT molecular complexity index is 746. The van der Waals surface area contributed by atoms with Crippen molar-refractivity contribution < 1.29 is 18.9 Å². The maximum Gasteiger partial charge on any atom is 0.325 e. The number of Topliss-reactive ketones (excluding diaryl/α,β-unsaturated/α-hetero) is 1. The largest absolute Gasteiger partial charge is 0.459 e. The van der Waals surface area contributed by atoms with E-state index in [1.165, 1.54) is 0 Å². The van der Waals surface area contributed by atoms with E-state index in [9.17, 15) is 14.2 Å². The maximum atomic E-state index is 13.8. The highest BCUT2D eigenvalue weighted by Gasteiger charge is 2.61. The Balaban J connectivity index is 2.62. The van der Waals surface area contributed by atoms with Gasteiger partial charge in [-0.15, -0.1) is 0 Å². The SMILES string of the molecule is Cc1cc(C)c(C(=O)C2(C(C)(P=O)C(=O)OC(C)(C)C)CCCC2)c(C)c1. The Hall–Kier alpha value is -1.54. The summed E-state index contributed by atoms with van der Waals surface area (Å²) in [7, 11) is -0.367. The van der Waals surface area contributed by atoms with Gasteiger partial charge in [0, 0.05) is 5.56 Å². The molecule has 1 aromatic carbocycles. The van der Waals surface area contributed by atoms with Crippen LogP contribution in [0.4, 0.5) is 0 Å². The molecule has 27 heavy (non-hydrogen) atoms. The smallest absolute Gasteiger partial charge is 0.325 e. The van der Waals surface area contributed by atoms with Crippen molar-refractivity contribution in [2.24, 2.45) is 5.41 Å². The Morgan fingerprint density at radius 3 is 1.89 bits per heavy atom. The maximum absolute atomic E-state index is 13.8. The summed E-state index contributed by atoms with van der Waals surface area (Å²) in [6.45, 7) is 12.8. The lowest BCUT2D eigenvalue weighted by Gasteiger charge is -2.40. The molecular formula is C22H31O4P. The molecule has 0 heterocycles. The second kappa shape index (κ2) is 7.47. The van der Waals surface area contributed by atoms with Crippen molar-refractivity contribution in [2.75, 3.05) is 0 Å². The molecule has 148 valence electrons. The predicted molar refractivity (Wildman–Crippen MR) is 108 cm³/mol. The lowest BCUT2D eigenvalue weighted by Crippen LogP contribution is -2.53. The first kappa shape index (κ1) is 21.8. The third kappa shape index (κ3) is 3.87. The topological polar surface area (TPSA) is 60.4 Å². The average molecular weight is 390 g/mol. The molecule has 1 saturated carbocycles. The van der Waals surface area contributed by atoms with E-state index in [4.69, 9.17) is 4.74 Å². The highest BCUT2D eigenvalue weighted by Crippen LogP contribution is 2.55. The van der Waals surface area contributed by atoms with Crippen LogP contribution in [0.3, 0.4) is 0 Å². The number of hydrogen-bond acceptors (Lipinski definition) is 4. The monoisotopic (exact) mass is 390 g/mol. The number of carbonyl (C=O) groups excluding carboxylic acids is 2. The fourth-order valence-corrected chi connectivity index (χ4v) is 5.01. The van der Waals surface area contributed by atoms with Gasteiger partial charge in [0.05, 0.1) is 5.41 Å². The van der Waals surface area contributed by atoms with E-state index >= 15 is 0 Å². The van der Waals surface area contributed by atoms with Crippen molar-refractivity contribution in [1.82, 2.24) is 0 Å². The predicted octanol–water partition coefficient (Wildman–Crippen LogP) is 5.75. The number of aryl methyl sites for hydroxylation is 3. The quantitative estimate of drug-likeness (QED) is 0.365. The zero-order valence-electron chi connectivity index (χ0n) is 17.6. The van der Waals surface area contributed by atoms with E-state index in [0.717, 1.165) is 29.5 Å². The van der Waals surface area contributed by atoms with Gasteiger partial charge >= 0.3 is 5.97 Å². The summed E-state index contributed by atoms with van der Waals surface area (Å²) in [6.07, 6.45) is 2.76. The van der Waals surface area contributed by atoms with E-state index in [-0.39, 0.29) is 14.2 Å². The molecule has 5 heteroatoms. The molecule has 1 fully saturated rings. The molecule has 0 aromatic heterocycles. The highest BCUT2D eigenvalue weighted by atomic mass is 31.1. The van der Waals surface area contributed by atoms with Gasteiger partial charge in [-0.05, 0) is 72.4 Å². The van der Waals surface area contributed by atoms with Crippen LogP contribution in [0.5, 0.6) is 0 Å². The van der Waals surface area contributed by atoms with Gasteiger partial charge in [0.2, 0.25) is 0 Å². The van der Waals surface area contributed by atoms with Gasteiger partial charge in [0.15, 0.2) is 19.4 Å². The first-order valence-electron chi connectivity index (χ1n) is 9.58. The summed E-state index contributed by atoms with van der Waals surface area (Å²) < 4.78 is 17.9. The Morgan fingerprint density at radius 1 is 1.00 bits per heavy atom. The minimum Gasteiger partial charge on any atom is -0.459 e. The van der Waals surface area contributed by atoms with Crippen LogP contribution in [0.15, 0.2) is 12.1 Å². The molecule has 1 unspecified atom stereocenters. The van der Waals surface area contributed by atoms with Crippen molar-refractivity contribution in [1.29, 1.82) is 0 Å². The molecule has 0 bridgehead atoms. The Morgan fingerprint density at radius 2 is 1.48 bits per heavy atom. The van der Waals surface area contributed by atoms with Crippen LogP contribution in [0.1, 0.15) is 80.4 Å². The number of ether oxygens (including phenoxy) is 1. The Labute approximate surface area is 164 Å². The summed E-state index contributed by atoms with van der Waals surface area (Å²) in [5, 5.41) is -1.41. The van der Waals surface area contributed by atoms with Gasteiger partial charge in [0.25, 0.3) is 0 Å². The fraction of sp³-hybridized carbons (Fsp3) is 0.636. The summed E-state index contributed by atoms with van der Waals surface area (Å²) in [5.74, 6) is -0.643. The number of benzene rings is 1. The number of hydrogen-bond donors (Lipinski definition) is 0. The van der Waals surface area contributed by atoms with Gasteiger partial charge in [0.1, 0.15) is 5.60 Å². The van der Waals surface area contributed by atoms with Gasteiger partial charge in [-0.2, -0.15) is 0 Å². The molecule has 2 rings (SSSR count). The standard InChI is InChI=1S/C22H31O4P/c1-14-12-15(2)17(16(3)13-14)18(23)22(10-8-9-11-22)21(7,27-25)19(24)26-20(4,5)6/h12-13H,8-11H2,1-7H3. The third-order valence-electron chi connectivity index (χ3n) is 5.71. The molecule has 1 atom stereocenters. The minimum absolute atomic E-state index is 0.0771. The lowest BCUT2D eigenvalue weighted by molar-refractivity contribution is -0.160. The molecule has 0 aliphatic heterocycles. The van der Waals surface area contributed by atoms with Crippen molar-refractivity contribution in [2.45, 2.75) is 84.9 Å². The van der Waals surface area contributed by atoms with Crippen LogP contribution in [0.2, 0.25) is 0 Å². The van der Waals surface area contributed by atoms with E-state index in [2.05, 4.69) is 0 Å². The first-order chi connectivity index (χ1) is 12.4. The van der Waals surface area contributed by atoms with Crippen molar-refractivity contribution >= 4 is 20.2 Å². The van der Waals surface area contributed by atoms with E-state index in [1.807, 2.05) is 32.9 Å². The summed E-state index contributed by atoms with van der Waals surface area (Å²) in [5.41, 5.74) is 1.83. The number of esters is 1. The zero-order valence-corrected chi connectivity index (χ0v) is 18.5. The molecule has 1 aromatic rings. The third-order valence-corrected chi connectivity index (χ3v) is 6.68. The van der Waals surface area contributed by atoms with Crippen LogP contribution in [0, 0.1) is 26.2 Å². The van der Waals surface area contributed by atoms with E-state index in [1.54, 1.807) is 27.7 Å². The van der Waals surface area contributed by atoms with Crippen molar-refractivity contribution in [3.63, 3.8) is 0 Å². The Kier molecular flexibility index (Phi) is 6.02. The van der Waals surface area contributed by atoms with Crippen LogP contribution in [0.25, 0.3) is 0 Å². The molecule has 1 aliphatic carbocycles. The fourth-order valence-electron chi connectivity index (χ4n) is 4.39. The average Bonchev–Trinajstić information content (AvgIpc) is 3.02. The molecule has 0 radical (unpaired) electrons. The molecule has 0 spiro atoms. The molecule has 1 aliphatic rings. The van der Waals surface area contributed by atoms with Crippen LogP contribution >= 0.6 is 8.46 Å². The first-order valence-corrected chi connectivity index (χ1v) is 10.4. The summed E-state index contributed by atoms with van der Waals surface area (Å²) in [4.78, 5) is 26.9. The number of rotatable bonds is 5. The molecule has 0 N–H and O–H groups in total. The van der Waals surface area contributed by atoms with Crippen LogP contribution in [-0.4, -0.2) is 22.5 Å². The van der Waals surface area contributed by atoms with Gasteiger partial charge in [-0.3, -0.25) is 14.2 Å². The number of carbonyl (C=O) groups is 2. The zero-order chi connectivity index (χ0) is 20.6. The van der Waals surface area contributed by atoms with Gasteiger partial charge < -0.3 is 4.74 Å². The van der Waals surface area contributed by atoms with Gasteiger partial charge in [-0.1, -0.05) is 30.5 Å². The van der Waals surface area contributed by atoms with Crippen LogP contribution < -0.4 is 0 Å². The minimum atomic E-state index is -1.41. The number of ketones is 1. The summed E-state index contributed by atoms with van der Waals surface area (Å²) >= 11 is 0. The molecule has 0 amide bonds. The second-order valence-corrected chi connectivity index (χ2v) is 10.1. The van der Waals surface area contributed by atoms with Gasteiger partial charge in [-0.25, -0.2) is 0 Å². The highest BCUT2D eigenvalue weighted by molar-refractivity contribution is 7.28.